The van der Waals surface area contributed by atoms with Crippen LogP contribution in [-0.4, -0.2) is 77.7 Å². The summed E-state index contributed by atoms with van der Waals surface area (Å²) in [5.74, 6) is 1.29. The Bertz CT molecular complexity index is 1730. The van der Waals surface area contributed by atoms with Gasteiger partial charge in [0.1, 0.15) is 6.10 Å². The van der Waals surface area contributed by atoms with Gasteiger partial charge >= 0.3 is 5.97 Å². The number of hydrogen-bond acceptors (Lipinski definition) is 7. The number of allylic oxidation sites excluding steroid dienone is 2. The Morgan fingerprint density at radius 3 is 2.23 bits per heavy atom. The first-order valence-electron chi connectivity index (χ1n) is 22.1. The first kappa shape index (κ1) is 44.4. The van der Waals surface area contributed by atoms with Crippen molar-refractivity contribution in [3.63, 3.8) is 0 Å². The van der Waals surface area contributed by atoms with Crippen LogP contribution in [0, 0.1) is 56.2 Å². The summed E-state index contributed by atoms with van der Waals surface area (Å²) in [6.45, 7) is 27.0. The molecule has 0 aliphatic heterocycles. The SMILES string of the molecule is C=C(O)C(C)(C)CC(=O)O[C@H]1CC[C@]2(C)[C@H]3CC[C@@H]4C5=C(C(C)C)C(=O)C[C@]5([C@@H](O)CN(CCN(C)C)Cc5ccc(Cl)cc5)CC[C@@]4(C)[C@]3(C)CC[C@H]2C1(C)C. The van der Waals surface area contributed by atoms with Crippen LogP contribution in [0.15, 0.2) is 47.7 Å². The molecule has 0 unspecified atom stereocenters. The number of rotatable bonds is 13. The number of aliphatic hydroxyl groups is 2. The minimum atomic E-state index is -0.726. The Balaban J connectivity index is 1.29. The number of benzene rings is 1. The fourth-order valence-electron chi connectivity index (χ4n) is 13.8. The number of halogens is 1. The molecule has 0 radical (unpaired) electrons. The number of aliphatic hydroxyl groups excluding tert-OH is 2. The highest BCUT2D eigenvalue weighted by Crippen LogP contribution is 2.77. The molecule has 318 valence electrons. The van der Waals surface area contributed by atoms with Gasteiger partial charge in [0.25, 0.3) is 0 Å². The van der Waals surface area contributed by atoms with E-state index in [0.717, 1.165) is 81.6 Å². The van der Waals surface area contributed by atoms with Crippen LogP contribution < -0.4 is 0 Å². The van der Waals surface area contributed by atoms with Gasteiger partial charge in [-0.3, -0.25) is 14.5 Å². The third-order valence-corrected chi connectivity index (χ3v) is 17.6. The van der Waals surface area contributed by atoms with Gasteiger partial charge in [0.2, 0.25) is 0 Å². The molecular formula is C49H75ClN2O5. The number of hydrogen-bond donors (Lipinski definition) is 2. The summed E-state index contributed by atoms with van der Waals surface area (Å²) in [5.41, 5.74) is 2.20. The molecule has 0 heterocycles. The summed E-state index contributed by atoms with van der Waals surface area (Å²) in [6.07, 6.45) is 7.77. The Morgan fingerprint density at radius 2 is 1.61 bits per heavy atom. The third kappa shape index (κ3) is 7.61. The lowest BCUT2D eigenvalue weighted by atomic mass is 9.33. The van der Waals surface area contributed by atoms with Gasteiger partial charge < -0.3 is 19.8 Å². The molecule has 0 aromatic heterocycles. The minimum absolute atomic E-state index is 0.00709. The fraction of sp³-hybridized carbons (Fsp3) is 0.755. The number of fused-ring (bicyclic) bond motifs is 7. The van der Waals surface area contributed by atoms with Crippen molar-refractivity contribution in [3.8, 4) is 0 Å². The van der Waals surface area contributed by atoms with Gasteiger partial charge in [0.05, 0.1) is 18.3 Å². The second-order valence-corrected chi connectivity index (χ2v) is 22.3. The number of esters is 1. The van der Waals surface area contributed by atoms with E-state index < -0.39 is 16.9 Å². The average Bonchev–Trinajstić information content (AvgIpc) is 3.42. The number of carbonyl (C=O) groups excluding carboxylic acids is 2. The maximum Gasteiger partial charge on any atom is 0.307 e. The molecule has 4 saturated carbocycles. The lowest BCUT2D eigenvalue weighted by Crippen LogP contribution is -2.66. The van der Waals surface area contributed by atoms with Crippen LogP contribution in [0.25, 0.3) is 0 Å². The Labute approximate surface area is 350 Å². The topological polar surface area (TPSA) is 90.3 Å². The summed E-state index contributed by atoms with van der Waals surface area (Å²) < 4.78 is 6.31. The molecule has 6 rings (SSSR count). The molecule has 7 nitrogen and oxygen atoms in total. The van der Waals surface area contributed by atoms with Crippen molar-refractivity contribution in [1.29, 1.82) is 0 Å². The highest BCUT2D eigenvalue weighted by atomic mass is 35.5. The van der Waals surface area contributed by atoms with Crippen LogP contribution in [0.2, 0.25) is 5.02 Å². The van der Waals surface area contributed by atoms with Crippen LogP contribution in [0.1, 0.15) is 132 Å². The van der Waals surface area contributed by atoms with Crippen molar-refractivity contribution in [2.75, 3.05) is 33.7 Å². The van der Waals surface area contributed by atoms with E-state index in [2.05, 4.69) is 91.1 Å². The minimum Gasteiger partial charge on any atom is -0.512 e. The van der Waals surface area contributed by atoms with Crippen LogP contribution in [0.4, 0.5) is 0 Å². The molecule has 0 saturated heterocycles. The number of nitrogens with zero attached hydrogens (tertiary/aromatic N) is 2. The molecule has 8 heteroatoms. The standard InChI is InChI=1S/C49H75ClN2O5/c1-31(2)42-36(54)27-49(39(55)30-52(26-25-51(11)12)29-33-13-15-34(50)16-14-33)24-23-47(9)35(43(42)49)17-18-38-46(8)21-20-40(57-41(56)28-44(4,5)32(3)53)45(6,7)37(46)19-22-48(38,47)10/h13-16,31,35,37-40,53,55H,3,17-30H2,1-2,4-12H3/t35-,37+,38-,39+,40+,46+,47-,48-,49+/m1/s1. The summed E-state index contributed by atoms with van der Waals surface area (Å²) in [5, 5.41) is 23.5. The lowest BCUT2D eigenvalue weighted by molar-refractivity contribution is -0.235. The second kappa shape index (κ2) is 15.7. The Morgan fingerprint density at radius 1 is 0.947 bits per heavy atom. The molecule has 0 amide bonds. The summed E-state index contributed by atoms with van der Waals surface area (Å²) in [4.78, 5) is 32.2. The van der Waals surface area contributed by atoms with Crippen molar-refractivity contribution in [2.24, 2.45) is 56.2 Å². The van der Waals surface area contributed by atoms with Gasteiger partial charge in [-0.15, -0.1) is 0 Å². The maximum atomic E-state index is 14.3. The summed E-state index contributed by atoms with van der Waals surface area (Å²) in [6, 6.07) is 8.04. The molecule has 2 N–H and O–H groups in total. The maximum absolute atomic E-state index is 14.3. The Kier molecular flexibility index (Phi) is 12.2. The van der Waals surface area contributed by atoms with Crippen LogP contribution in [0.5, 0.6) is 0 Å². The zero-order chi connectivity index (χ0) is 42.1. The molecule has 0 spiro atoms. The van der Waals surface area contributed by atoms with Gasteiger partial charge in [0, 0.05) is 53.9 Å². The van der Waals surface area contributed by atoms with Gasteiger partial charge in [0.15, 0.2) is 5.78 Å². The number of Topliss-reactive ketones (excluding diaryl/α,β-unsaturated/α-hetero) is 1. The average molecular weight is 808 g/mol. The van der Waals surface area contributed by atoms with Crippen molar-refractivity contribution in [2.45, 2.75) is 145 Å². The predicted molar refractivity (Wildman–Crippen MR) is 231 cm³/mol. The van der Waals surface area contributed by atoms with E-state index in [-0.39, 0.29) is 63.5 Å². The van der Waals surface area contributed by atoms with Gasteiger partial charge in [-0.25, -0.2) is 0 Å². The Hall–Kier alpha value is -2.19. The monoisotopic (exact) mass is 807 g/mol. The van der Waals surface area contributed by atoms with Crippen molar-refractivity contribution < 1.29 is 24.5 Å². The van der Waals surface area contributed by atoms with E-state index in [1.165, 1.54) is 11.1 Å². The first-order valence-corrected chi connectivity index (χ1v) is 22.5. The molecule has 9 atom stereocenters. The van der Waals surface area contributed by atoms with E-state index >= 15 is 0 Å². The van der Waals surface area contributed by atoms with E-state index in [4.69, 9.17) is 16.3 Å². The van der Waals surface area contributed by atoms with E-state index in [1.54, 1.807) is 0 Å². The molecule has 5 aliphatic rings. The van der Waals surface area contributed by atoms with Crippen LogP contribution >= 0.6 is 11.6 Å². The molecule has 1 aromatic rings. The number of ketones is 1. The van der Waals surface area contributed by atoms with E-state index in [9.17, 15) is 19.8 Å². The summed E-state index contributed by atoms with van der Waals surface area (Å²) in [7, 11) is 4.18. The van der Waals surface area contributed by atoms with Crippen molar-refractivity contribution in [1.82, 2.24) is 9.80 Å². The quantitative estimate of drug-likeness (QED) is 0.152. The predicted octanol–water partition coefficient (Wildman–Crippen LogP) is 10.4. The number of carbonyl (C=O) groups is 2. The molecule has 0 bridgehead atoms. The number of likely N-dealkylation sites (N-methyl/N-ethyl adjacent to an activating group) is 1. The second-order valence-electron chi connectivity index (χ2n) is 21.9. The summed E-state index contributed by atoms with van der Waals surface area (Å²) >= 11 is 6.25. The van der Waals surface area contributed by atoms with Gasteiger partial charge in [-0.2, -0.15) is 0 Å². The smallest absolute Gasteiger partial charge is 0.307 e. The molecule has 5 aliphatic carbocycles. The van der Waals surface area contributed by atoms with E-state index in [0.29, 0.717) is 24.8 Å². The van der Waals surface area contributed by atoms with Crippen molar-refractivity contribution >= 4 is 23.4 Å². The molecule has 4 fully saturated rings. The third-order valence-electron chi connectivity index (χ3n) is 17.3. The largest absolute Gasteiger partial charge is 0.512 e. The zero-order valence-electron chi connectivity index (χ0n) is 37.3. The van der Waals surface area contributed by atoms with Gasteiger partial charge in [-0.1, -0.05) is 98.2 Å². The van der Waals surface area contributed by atoms with Crippen molar-refractivity contribution in [3.05, 3.63) is 58.3 Å². The van der Waals surface area contributed by atoms with Gasteiger partial charge in [-0.05, 0) is 129 Å². The van der Waals surface area contributed by atoms with Crippen LogP contribution in [-0.2, 0) is 20.9 Å². The highest BCUT2D eigenvalue weighted by molar-refractivity contribution is 6.30. The molecular weight excluding hydrogens is 732 g/mol. The number of ether oxygens (including phenoxy) is 1. The lowest BCUT2D eigenvalue weighted by Gasteiger charge is -2.72. The normalized spacial score (nSPS) is 35.5. The first-order chi connectivity index (χ1) is 26.4. The fourth-order valence-corrected chi connectivity index (χ4v) is 13.9. The molecule has 1 aromatic carbocycles. The van der Waals surface area contributed by atoms with Crippen LogP contribution in [0.3, 0.4) is 0 Å². The highest BCUT2D eigenvalue weighted by Gasteiger charge is 2.71. The molecule has 57 heavy (non-hydrogen) atoms. The zero-order valence-corrected chi connectivity index (χ0v) is 38.0. The van der Waals surface area contributed by atoms with E-state index in [1.807, 2.05) is 26.0 Å².